The van der Waals surface area contributed by atoms with Gasteiger partial charge in [0.05, 0.1) is 0 Å². The summed E-state index contributed by atoms with van der Waals surface area (Å²) >= 11 is 0. The summed E-state index contributed by atoms with van der Waals surface area (Å²) < 4.78 is 2.16. The van der Waals surface area contributed by atoms with Gasteiger partial charge in [-0.15, -0.1) is 0 Å². The van der Waals surface area contributed by atoms with Crippen molar-refractivity contribution in [3.8, 4) is 0 Å². The topological polar surface area (TPSA) is 20.2 Å². The molecule has 1 heterocycles. The van der Waals surface area contributed by atoms with E-state index in [2.05, 4.69) is 54.3 Å². The molecule has 15 heavy (non-hydrogen) atoms. The molecule has 0 atom stereocenters. The van der Waals surface area contributed by atoms with Crippen molar-refractivity contribution in [2.24, 2.45) is 7.05 Å². The highest BCUT2D eigenvalue weighted by Gasteiger charge is 1.96. The third-order valence-corrected chi connectivity index (χ3v) is 2.57. The van der Waals surface area contributed by atoms with Crippen LogP contribution in [0.1, 0.15) is 18.5 Å². The molecule has 0 aliphatic rings. The molecule has 0 aromatic carbocycles. The number of aryl methyl sites for hydroxylation is 1. The number of nitrogens with one attached hydrogen (secondary N) is 1. The van der Waals surface area contributed by atoms with Gasteiger partial charge in [0.15, 0.2) is 0 Å². The molecular weight excluding hydrogens is 186 g/mol. The molecule has 0 amide bonds. The molecule has 0 fully saturated rings. The Bertz CT molecular complexity index is 266. The number of aromatic nitrogens is 1. The lowest BCUT2D eigenvalue weighted by molar-refractivity contribution is 0.391. The molecule has 0 radical (unpaired) electrons. The lowest BCUT2D eigenvalue weighted by atomic mass is 10.3. The average Bonchev–Trinajstić information content (AvgIpc) is 2.57. The van der Waals surface area contributed by atoms with E-state index >= 15 is 0 Å². The van der Waals surface area contributed by atoms with Gasteiger partial charge in [-0.05, 0) is 52.2 Å². The first-order chi connectivity index (χ1) is 7.20. The summed E-state index contributed by atoms with van der Waals surface area (Å²) in [6, 6.07) is 4.25. The molecule has 0 bridgehead atoms. The molecule has 1 aromatic heterocycles. The summed E-state index contributed by atoms with van der Waals surface area (Å²) in [5.74, 6) is 0. The summed E-state index contributed by atoms with van der Waals surface area (Å²) in [4.78, 5) is 2.23. The van der Waals surface area contributed by atoms with E-state index in [0.29, 0.717) is 0 Å². The van der Waals surface area contributed by atoms with E-state index in [1.165, 1.54) is 25.1 Å². The van der Waals surface area contributed by atoms with Gasteiger partial charge in [-0.2, -0.15) is 0 Å². The molecule has 0 saturated heterocycles. The number of unbranched alkanes of at least 4 members (excludes halogenated alkanes) is 1. The summed E-state index contributed by atoms with van der Waals surface area (Å²) in [6.07, 6.45) is 4.61. The van der Waals surface area contributed by atoms with Crippen molar-refractivity contribution in [3.05, 3.63) is 24.0 Å². The molecule has 86 valence electrons. The molecule has 0 unspecified atom stereocenters. The van der Waals surface area contributed by atoms with E-state index in [1.54, 1.807) is 0 Å². The van der Waals surface area contributed by atoms with Crippen LogP contribution in [0, 0.1) is 0 Å². The standard InChI is InChI=1S/C12H23N3/c1-14(2)9-5-4-8-13-11-12-7-6-10-15(12)3/h6-7,10,13H,4-5,8-9,11H2,1-3H3. The summed E-state index contributed by atoms with van der Waals surface area (Å²) in [7, 11) is 6.33. The van der Waals surface area contributed by atoms with Gasteiger partial charge < -0.3 is 14.8 Å². The van der Waals surface area contributed by atoms with Crippen LogP contribution in [0.4, 0.5) is 0 Å². The van der Waals surface area contributed by atoms with Crippen molar-refractivity contribution in [3.63, 3.8) is 0 Å². The fourth-order valence-corrected chi connectivity index (χ4v) is 1.57. The Hall–Kier alpha value is -0.800. The highest BCUT2D eigenvalue weighted by Crippen LogP contribution is 1.98. The third kappa shape index (κ3) is 5.00. The van der Waals surface area contributed by atoms with E-state index in [9.17, 15) is 0 Å². The Balaban J connectivity index is 2.00. The van der Waals surface area contributed by atoms with Crippen LogP contribution in [-0.4, -0.2) is 36.7 Å². The van der Waals surface area contributed by atoms with Crippen LogP contribution < -0.4 is 5.32 Å². The van der Waals surface area contributed by atoms with E-state index in [4.69, 9.17) is 0 Å². The van der Waals surface area contributed by atoms with E-state index in [1.807, 2.05) is 0 Å². The fraction of sp³-hybridized carbons (Fsp3) is 0.667. The first kappa shape index (κ1) is 12.3. The van der Waals surface area contributed by atoms with Gasteiger partial charge in [0, 0.05) is 25.5 Å². The molecular formula is C12H23N3. The van der Waals surface area contributed by atoms with Crippen molar-refractivity contribution >= 4 is 0 Å². The second-order valence-corrected chi connectivity index (χ2v) is 4.30. The summed E-state index contributed by atoms with van der Waals surface area (Å²) in [6.45, 7) is 3.27. The van der Waals surface area contributed by atoms with Gasteiger partial charge in [-0.3, -0.25) is 0 Å². The fourth-order valence-electron chi connectivity index (χ4n) is 1.57. The van der Waals surface area contributed by atoms with Gasteiger partial charge in [-0.25, -0.2) is 0 Å². The highest BCUT2D eigenvalue weighted by atomic mass is 15.0. The largest absolute Gasteiger partial charge is 0.353 e. The molecule has 0 saturated carbocycles. The van der Waals surface area contributed by atoms with Crippen LogP contribution in [0.15, 0.2) is 18.3 Å². The first-order valence-corrected chi connectivity index (χ1v) is 5.66. The van der Waals surface area contributed by atoms with Crippen LogP contribution in [0.5, 0.6) is 0 Å². The molecule has 0 aliphatic carbocycles. The van der Waals surface area contributed by atoms with Crippen molar-refractivity contribution in [1.29, 1.82) is 0 Å². The van der Waals surface area contributed by atoms with Crippen molar-refractivity contribution in [2.45, 2.75) is 19.4 Å². The molecule has 1 rings (SSSR count). The number of hydrogen-bond donors (Lipinski definition) is 1. The minimum Gasteiger partial charge on any atom is -0.353 e. The van der Waals surface area contributed by atoms with Crippen molar-refractivity contribution < 1.29 is 0 Å². The minimum absolute atomic E-state index is 0.978. The van der Waals surface area contributed by atoms with E-state index < -0.39 is 0 Å². The zero-order valence-electron chi connectivity index (χ0n) is 10.2. The molecule has 3 heteroatoms. The minimum atomic E-state index is 0.978. The quantitative estimate of drug-likeness (QED) is 0.686. The van der Waals surface area contributed by atoms with E-state index in [-0.39, 0.29) is 0 Å². The van der Waals surface area contributed by atoms with Crippen LogP contribution in [0.3, 0.4) is 0 Å². The average molecular weight is 209 g/mol. The Morgan fingerprint density at radius 3 is 2.73 bits per heavy atom. The van der Waals surface area contributed by atoms with E-state index in [0.717, 1.165) is 13.1 Å². The predicted octanol–water partition coefficient (Wildman–Crippen LogP) is 1.46. The maximum absolute atomic E-state index is 3.46. The summed E-state index contributed by atoms with van der Waals surface area (Å²) in [5, 5.41) is 3.46. The number of hydrogen-bond acceptors (Lipinski definition) is 2. The zero-order valence-corrected chi connectivity index (χ0v) is 10.2. The Labute approximate surface area is 93.1 Å². The normalized spacial score (nSPS) is 11.2. The molecule has 1 N–H and O–H groups in total. The Morgan fingerprint density at radius 1 is 1.33 bits per heavy atom. The molecule has 0 spiro atoms. The van der Waals surface area contributed by atoms with Crippen molar-refractivity contribution in [2.75, 3.05) is 27.2 Å². The van der Waals surface area contributed by atoms with Crippen LogP contribution in [-0.2, 0) is 13.6 Å². The lowest BCUT2D eigenvalue weighted by Crippen LogP contribution is -2.19. The van der Waals surface area contributed by atoms with Gasteiger partial charge >= 0.3 is 0 Å². The second-order valence-electron chi connectivity index (χ2n) is 4.30. The molecule has 0 aliphatic heterocycles. The van der Waals surface area contributed by atoms with Gasteiger partial charge in [0.25, 0.3) is 0 Å². The van der Waals surface area contributed by atoms with Crippen LogP contribution in [0.25, 0.3) is 0 Å². The maximum atomic E-state index is 3.46. The van der Waals surface area contributed by atoms with Crippen molar-refractivity contribution in [1.82, 2.24) is 14.8 Å². The highest BCUT2D eigenvalue weighted by molar-refractivity contribution is 5.05. The molecule has 1 aromatic rings. The van der Waals surface area contributed by atoms with Gasteiger partial charge in [-0.1, -0.05) is 0 Å². The molecule has 3 nitrogen and oxygen atoms in total. The number of nitrogens with zero attached hydrogens (tertiary/aromatic N) is 2. The first-order valence-electron chi connectivity index (χ1n) is 5.66. The lowest BCUT2D eigenvalue weighted by Gasteiger charge is -2.09. The van der Waals surface area contributed by atoms with Crippen LogP contribution >= 0.6 is 0 Å². The Morgan fingerprint density at radius 2 is 2.13 bits per heavy atom. The van der Waals surface area contributed by atoms with Crippen LogP contribution in [0.2, 0.25) is 0 Å². The summed E-state index contributed by atoms with van der Waals surface area (Å²) in [5.41, 5.74) is 1.35. The smallest absolute Gasteiger partial charge is 0.0359 e. The third-order valence-electron chi connectivity index (χ3n) is 2.57. The second kappa shape index (κ2) is 6.64. The Kier molecular flexibility index (Phi) is 5.43. The monoisotopic (exact) mass is 209 g/mol. The van der Waals surface area contributed by atoms with Gasteiger partial charge in [0.1, 0.15) is 0 Å². The SMILES string of the molecule is CN(C)CCCCNCc1cccn1C. The van der Waals surface area contributed by atoms with Gasteiger partial charge in [0.2, 0.25) is 0 Å². The predicted molar refractivity (Wildman–Crippen MR) is 64.9 cm³/mol. The zero-order chi connectivity index (χ0) is 11.1. The number of rotatable bonds is 7. The maximum Gasteiger partial charge on any atom is 0.0359 e.